The normalized spacial score (nSPS) is 51.0. The smallest absolute Gasteiger partial charge is 0.111 e. The van der Waals surface area contributed by atoms with Crippen molar-refractivity contribution in [2.24, 2.45) is 5.73 Å². The van der Waals surface area contributed by atoms with Gasteiger partial charge >= 0.3 is 0 Å². The zero-order valence-electron chi connectivity index (χ0n) is 9.16. The summed E-state index contributed by atoms with van der Waals surface area (Å²) < 4.78 is 5.70. The molecule has 4 nitrogen and oxygen atoms in total. The fourth-order valence-electron chi connectivity index (χ4n) is 2.51. The molecule has 0 radical (unpaired) electrons. The van der Waals surface area contributed by atoms with Crippen molar-refractivity contribution in [3.8, 4) is 0 Å². The third kappa shape index (κ3) is 1.56. The Kier molecular flexibility index (Phi) is 3.21. The summed E-state index contributed by atoms with van der Waals surface area (Å²) in [4.78, 5) is 0. The average molecular weight is 203 g/mol. The zero-order valence-corrected chi connectivity index (χ0v) is 9.16. The summed E-state index contributed by atoms with van der Waals surface area (Å²) in [5, 5.41) is 19.4. The van der Waals surface area contributed by atoms with Gasteiger partial charge in [-0.1, -0.05) is 0 Å². The molecular weight excluding hydrogens is 182 g/mol. The minimum absolute atomic E-state index is 0.508. The van der Waals surface area contributed by atoms with Crippen molar-refractivity contribution in [2.75, 3.05) is 7.05 Å². The molecule has 0 aromatic carbocycles. The van der Waals surface area contributed by atoms with Gasteiger partial charge in [-0.25, -0.2) is 0 Å². The molecule has 4 heteroatoms. The van der Waals surface area contributed by atoms with Crippen molar-refractivity contribution in [3.05, 3.63) is 0 Å². The van der Waals surface area contributed by atoms with Gasteiger partial charge in [-0.05, 0) is 40.2 Å². The van der Waals surface area contributed by atoms with Crippen molar-refractivity contribution in [1.82, 2.24) is 0 Å². The van der Waals surface area contributed by atoms with Crippen LogP contribution in [-0.4, -0.2) is 40.7 Å². The molecular formula is C10H21NO3. The Morgan fingerprint density at radius 3 is 1.71 bits per heavy atom. The molecule has 0 aromatic heterocycles. The van der Waals surface area contributed by atoms with Gasteiger partial charge in [0.2, 0.25) is 0 Å². The summed E-state index contributed by atoms with van der Waals surface area (Å²) >= 11 is 0. The van der Waals surface area contributed by atoms with Crippen molar-refractivity contribution in [1.29, 1.82) is 0 Å². The van der Waals surface area contributed by atoms with E-state index in [0.29, 0.717) is 0 Å². The number of aliphatic hydroxyl groups excluding tert-OH is 2. The molecule has 2 fully saturated rings. The first-order valence-corrected chi connectivity index (χ1v) is 5.12. The lowest BCUT2D eigenvalue weighted by Gasteiger charge is -2.36. The van der Waals surface area contributed by atoms with Gasteiger partial charge in [0.15, 0.2) is 0 Å². The van der Waals surface area contributed by atoms with Crippen LogP contribution in [-0.2, 0) is 4.74 Å². The second-order valence-corrected chi connectivity index (χ2v) is 4.47. The lowest BCUT2D eigenvalue weighted by Crippen LogP contribution is -2.39. The molecule has 0 amide bonds. The maximum absolute atomic E-state index is 9.72. The van der Waals surface area contributed by atoms with E-state index in [0.717, 1.165) is 19.3 Å². The lowest BCUT2D eigenvalue weighted by atomic mass is 9.94. The van der Waals surface area contributed by atoms with Gasteiger partial charge in [0.05, 0.1) is 11.2 Å². The Hall–Kier alpha value is -0.160. The van der Waals surface area contributed by atoms with Crippen LogP contribution in [0.5, 0.6) is 0 Å². The molecule has 2 bridgehead atoms. The SMILES string of the molecule is CC12CCCC(C)(O1)C(O)C2O.CN. The number of aliphatic hydroxyl groups is 2. The molecule has 0 saturated carbocycles. The number of rotatable bonds is 0. The van der Waals surface area contributed by atoms with Gasteiger partial charge < -0.3 is 20.7 Å². The summed E-state index contributed by atoms with van der Waals surface area (Å²) in [7, 11) is 1.50. The van der Waals surface area contributed by atoms with Crippen LogP contribution in [0.1, 0.15) is 33.1 Å². The summed E-state index contributed by atoms with van der Waals surface area (Å²) in [6.45, 7) is 3.76. The number of fused-ring (bicyclic) bond motifs is 2. The highest BCUT2D eigenvalue weighted by Gasteiger charge is 2.59. The van der Waals surface area contributed by atoms with Gasteiger partial charge in [-0.3, -0.25) is 0 Å². The predicted octanol–water partition coefficient (Wildman–Crippen LogP) is 0.0146. The zero-order chi connectivity index (χ0) is 11.0. The molecule has 2 saturated heterocycles. The van der Waals surface area contributed by atoms with Crippen molar-refractivity contribution >= 4 is 0 Å². The lowest BCUT2D eigenvalue weighted by molar-refractivity contribution is -0.146. The van der Waals surface area contributed by atoms with E-state index in [-0.39, 0.29) is 0 Å². The van der Waals surface area contributed by atoms with Gasteiger partial charge in [0.25, 0.3) is 0 Å². The van der Waals surface area contributed by atoms with Crippen LogP contribution < -0.4 is 5.73 Å². The first kappa shape index (κ1) is 11.9. The first-order chi connectivity index (χ1) is 6.48. The van der Waals surface area contributed by atoms with E-state index in [1.165, 1.54) is 7.05 Å². The second-order valence-electron chi connectivity index (χ2n) is 4.47. The standard InChI is InChI=1S/C9H16O3.CH5N/c1-8-4-3-5-9(2,12-8)7(11)6(8)10;1-2/h6-7,10-11H,3-5H2,1-2H3;2H2,1H3. The van der Waals surface area contributed by atoms with Crippen molar-refractivity contribution in [2.45, 2.75) is 56.5 Å². The van der Waals surface area contributed by atoms with Gasteiger partial charge in [-0.2, -0.15) is 0 Å². The number of hydrogen-bond donors (Lipinski definition) is 3. The molecule has 4 unspecified atom stereocenters. The Bertz CT molecular complexity index is 192. The molecule has 0 spiro atoms. The van der Waals surface area contributed by atoms with E-state index in [1.807, 2.05) is 13.8 Å². The second kappa shape index (κ2) is 3.77. The fourth-order valence-corrected chi connectivity index (χ4v) is 2.51. The van der Waals surface area contributed by atoms with Gasteiger partial charge in [-0.15, -0.1) is 0 Å². The average Bonchev–Trinajstić information content (AvgIpc) is 2.28. The fraction of sp³-hybridized carbons (Fsp3) is 1.00. The van der Waals surface area contributed by atoms with E-state index >= 15 is 0 Å². The molecule has 2 aliphatic rings. The molecule has 4 N–H and O–H groups in total. The number of ether oxygens (including phenoxy) is 1. The monoisotopic (exact) mass is 203 g/mol. The Morgan fingerprint density at radius 2 is 1.43 bits per heavy atom. The Morgan fingerprint density at radius 1 is 1.07 bits per heavy atom. The maximum Gasteiger partial charge on any atom is 0.111 e. The molecule has 2 heterocycles. The number of nitrogens with two attached hydrogens (primary N) is 1. The summed E-state index contributed by atoms with van der Waals surface area (Å²) in [5.74, 6) is 0. The first-order valence-electron chi connectivity index (χ1n) is 5.12. The van der Waals surface area contributed by atoms with E-state index in [2.05, 4.69) is 5.73 Å². The Balaban J connectivity index is 0.000000461. The van der Waals surface area contributed by atoms with Crippen LogP contribution in [0.25, 0.3) is 0 Å². The highest BCUT2D eigenvalue weighted by atomic mass is 16.6. The minimum atomic E-state index is -0.718. The molecule has 4 atom stereocenters. The van der Waals surface area contributed by atoms with E-state index in [9.17, 15) is 10.2 Å². The van der Waals surface area contributed by atoms with Crippen LogP contribution in [0, 0.1) is 0 Å². The van der Waals surface area contributed by atoms with Gasteiger partial charge in [0, 0.05) is 0 Å². The van der Waals surface area contributed by atoms with Crippen LogP contribution in [0.3, 0.4) is 0 Å². The molecule has 14 heavy (non-hydrogen) atoms. The van der Waals surface area contributed by atoms with Crippen LogP contribution >= 0.6 is 0 Å². The predicted molar refractivity (Wildman–Crippen MR) is 53.9 cm³/mol. The molecule has 2 aliphatic heterocycles. The minimum Gasteiger partial charge on any atom is -0.387 e. The summed E-state index contributed by atoms with van der Waals surface area (Å²) in [5.41, 5.74) is 3.48. The van der Waals surface area contributed by atoms with Crippen molar-refractivity contribution < 1.29 is 14.9 Å². The van der Waals surface area contributed by atoms with E-state index in [1.54, 1.807) is 0 Å². The third-order valence-electron chi connectivity index (χ3n) is 3.36. The Labute approximate surface area is 85.1 Å². The topological polar surface area (TPSA) is 75.7 Å². The highest BCUT2D eigenvalue weighted by Crippen LogP contribution is 2.47. The molecule has 2 rings (SSSR count). The summed E-state index contributed by atoms with van der Waals surface area (Å²) in [6, 6.07) is 0. The maximum atomic E-state index is 9.72. The quantitative estimate of drug-likeness (QED) is 0.518. The van der Waals surface area contributed by atoms with Crippen LogP contribution in [0.2, 0.25) is 0 Å². The van der Waals surface area contributed by atoms with Gasteiger partial charge in [0.1, 0.15) is 12.2 Å². The van der Waals surface area contributed by atoms with Crippen molar-refractivity contribution in [3.63, 3.8) is 0 Å². The third-order valence-corrected chi connectivity index (χ3v) is 3.36. The van der Waals surface area contributed by atoms with E-state index < -0.39 is 23.4 Å². The largest absolute Gasteiger partial charge is 0.387 e. The molecule has 0 aliphatic carbocycles. The highest BCUT2D eigenvalue weighted by molar-refractivity contribution is 5.08. The van der Waals surface area contributed by atoms with E-state index in [4.69, 9.17) is 4.74 Å². The molecule has 0 aromatic rings. The number of hydrogen-bond acceptors (Lipinski definition) is 4. The van der Waals surface area contributed by atoms with Crippen LogP contribution in [0.15, 0.2) is 0 Å². The van der Waals surface area contributed by atoms with Crippen LogP contribution in [0.4, 0.5) is 0 Å². The summed E-state index contributed by atoms with van der Waals surface area (Å²) in [6.07, 6.45) is 1.29. The molecule has 84 valence electrons.